The van der Waals surface area contributed by atoms with Crippen LogP contribution in [0.4, 0.5) is 40.8 Å². The van der Waals surface area contributed by atoms with Gasteiger partial charge in [-0.05, 0) is 18.6 Å². The first-order valence-corrected chi connectivity index (χ1v) is 11.8. The van der Waals surface area contributed by atoms with Crippen molar-refractivity contribution >= 4 is 35.0 Å². The molecule has 0 radical (unpaired) electrons. The first-order chi connectivity index (χ1) is 19.8. The van der Waals surface area contributed by atoms with Gasteiger partial charge in [0.25, 0.3) is 5.91 Å². The Bertz CT molecular complexity index is 1350. The molecule has 0 aliphatic carbocycles. The number of Topliss-reactive ketones (excluding diaryl/α,β-unsaturated/α-hetero) is 2. The molecule has 0 aliphatic rings. The van der Waals surface area contributed by atoms with Crippen molar-refractivity contribution in [2.75, 3.05) is 11.9 Å². The van der Waals surface area contributed by atoms with E-state index >= 15 is 0 Å². The minimum Gasteiger partial charge on any atom is -0.481 e. The summed E-state index contributed by atoms with van der Waals surface area (Å²) in [4.78, 5) is 65.6. The number of rotatable bonds is 13. The van der Waals surface area contributed by atoms with E-state index in [2.05, 4.69) is 20.0 Å². The zero-order chi connectivity index (χ0) is 32.7. The van der Waals surface area contributed by atoms with Gasteiger partial charge in [0.2, 0.25) is 23.4 Å². The van der Waals surface area contributed by atoms with Gasteiger partial charge in [-0.1, -0.05) is 13.0 Å². The first-order valence-electron chi connectivity index (χ1n) is 11.8. The van der Waals surface area contributed by atoms with Crippen LogP contribution >= 0.6 is 0 Å². The van der Waals surface area contributed by atoms with Crippen LogP contribution < -0.4 is 15.4 Å². The lowest BCUT2D eigenvalue weighted by Crippen LogP contribution is -2.45. The van der Waals surface area contributed by atoms with E-state index in [9.17, 15) is 59.1 Å². The average molecular weight is 628 g/mol. The highest BCUT2D eigenvalue weighted by Crippen LogP contribution is 2.33. The first kappa shape index (κ1) is 34.5. The van der Waals surface area contributed by atoms with Crippen molar-refractivity contribution in [3.63, 3.8) is 0 Å². The average Bonchev–Trinajstić information content (AvgIpc) is 2.90. The maximum Gasteiger partial charge on any atom is 0.451 e. The number of hydrogen-bond donors (Lipinski definition) is 3. The number of carbonyl (C=O) groups excluding carboxylic acids is 4. The number of halogens is 8. The molecule has 2 aromatic rings. The zero-order valence-corrected chi connectivity index (χ0v) is 21.6. The number of hydrogen-bond acceptors (Lipinski definition) is 8. The van der Waals surface area contributed by atoms with Crippen molar-refractivity contribution in [2.24, 2.45) is 5.92 Å². The lowest BCUT2D eigenvalue weighted by atomic mass is 10.0. The predicted molar refractivity (Wildman–Crippen MR) is 125 cm³/mol. The number of amides is 2. The van der Waals surface area contributed by atoms with Crippen molar-refractivity contribution in [3.8, 4) is 5.88 Å². The van der Waals surface area contributed by atoms with Crippen LogP contribution in [0.2, 0.25) is 0 Å². The predicted octanol–water partition coefficient (Wildman–Crippen LogP) is 3.32. The second-order valence-corrected chi connectivity index (χ2v) is 8.74. The van der Waals surface area contributed by atoms with Gasteiger partial charge < -0.3 is 20.5 Å². The number of alkyl halides is 6. The van der Waals surface area contributed by atoms with Crippen LogP contribution in [0.15, 0.2) is 24.3 Å². The summed E-state index contributed by atoms with van der Waals surface area (Å²) in [6.45, 7) is -0.183. The quantitative estimate of drug-likeness (QED) is 0.223. The van der Waals surface area contributed by atoms with Crippen LogP contribution in [0.5, 0.6) is 5.88 Å². The molecule has 0 unspecified atom stereocenters. The van der Waals surface area contributed by atoms with Gasteiger partial charge >= 0.3 is 18.3 Å². The fraction of sp³-hybridized carbons (Fsp3) is 0.375. The molecule has 1 aromatic carbocycles. The minimum absolute atomic E-state index is 0.0146. The van der Waals surface area contributed by atoms with Crippen LogP contribution in [0.3, 0.4) is 0 Å². The number of carboxylic acid groups (broad SMARTS) is 1. The molecule has 1 heterocycles. The van der Waals surface area contributed by atoms with Crippen LogP contribution in [0, 0.1) is 17.6 Å². The van der Waals surface area contributed by atoms with E-state index in [1.807, 2.05) is 0 Å². The van der Waals surface area contributed by atoms with Crippen molar-refractivity contribution in [1.82, 2.24) is 15.3 Å². The Morgan fingerprint density at radius 1 is 0.977 bits per heavy atom. The molecule has 0 saturated carbocycles. The summed E-state index contributed by atoms with van der Waals surface area (Å²) in [6.07, 6.45) is -13.0. The Morgan fingerprint density at radius 3 is 2.12 bits per heavy atom. The monoisotopic (exact) mass is 628 g/mol. The lowest BCUT2D eigenvalue weighted by Gasteiger charge is -2.20. The van der Waals surface area contributed by atoms with Gasteiger partial charge in [0.05, 0.1) is 6.04 Å². The number of anilines is 1. The standard InChI is InChI=1S/C24H20F8N4O7/c1-10(7-14(37)21(42)36-19-11(25)3-2-4-12(19)26)20(41)33-13(5-6-18(39)40)15(38)9-43-17-8-16(23(27,28)29)34-22(35-17)24(30,31)32/h2-4,8,10,13H,5-7,9H2,1H3,(H,33,41)(H,36,42)(H,39,40)/t10-,13+/m1/s1. The number of carbonyl (C=O) groups is 5. The maximum absolute atomic E-state index is 13.7. The van der Waals surface area contributed by atoms with E-state index in [0.717, 1.165) is 25.1 Å². The number of aliphatic carboxylic acids is 1. The number of nitrogens with one attached hydrogen (secondary N) is 2. The van der Waals surface area contributed by atoms with Gasteiger partial charge in [0, 0.05) is 24.8 Å². The number of aromatic nitrogens is 2. The van der Waals surface area contributed by atoms with Crippen molar-refractivity contribution in [3.05, 3.63) is 47.4 Å². The molecule has 0 saturated heterocycles. The maximum atomic E-state index is 13.7. The van der Waals surface area contributed by atoms with Gasteiger partial charge in [-0.25, -0.2) is 13.8 Å². The largest absolute Gasteiger partial charge is 0.481 e. The molecule has 0 aliphatic heterocycles. The van der Waals surface area contributed by atoms with Gasteiger partial charge in [-0.15, -0.1) is 0 Å². The van der Waals surface area contributed by atoms with Crippen LogP contribution in [0.1, 0.15) is 37.7 Å². The summed E-state index contributed by atoms with van der Waals surface area (Å²) in [5, 5.41) is 12.7. The second-order valence-electron chi connectivity index (χ2n) is 8.74. The van der Waals surface area contributed by atoms with Crippen molar-refractivity contribution in [1.29, 1.82) is 0 Å². The van der Waals surface area contributed by atoms with E-state index in [-0.39, 0.29) is 6.07 Å². The topological polar surface area (TPSA) is 165 Å². The molecule has 2 rings (SSSR count). The molecule has 43 heavy (non-hydrogen) atoms. The van der Waals surface area contributed by atoms with E-state index in [1.165, 1.54) is 0 Å². The third-order valence-corrected chi connectivity index (χ3v) is 5.35. The third kappa shape index (κ3) is 10.3. The fourth-order valence-electron chi connectivity index (χ4n) is 3.18. The molecule has 3 N–H and O–H groups in total. The Morgan fingerprint density at radius 2 is 1.58 bits per heavy atom. The zero-order valence-electron chi connectivity index (χ0n) is 21.6. The number of para-hydroxylation sites is 1. The highest BCUT2D eigenvalue weighted by atomic mass is 19.4. The van der Waals surface area contributed by atoms with E-state index in [1.54, 1.807) is 5.32 Å². The van der Waals surface area contributed by atoms with Crippen LogP contribution in [0.25, 0.3) is 0 Å². The highest BCUT2D eigenvalue weighted by molar-refractivity contribution is 6.40. The molecule has 19 heteroatoms. The molecule has 0 bridgehead atoms. The Labute approximate surface area is 235 Å². The molecule has 1 aromatic heterocycles. The minimum atomic E-state index is -5.42. The molecule has 0 spiro atoms. The number of ether oxygens (including phenoxy) is 1. The summed E-state index contributed by atoms with van der Waals surface area (Å²) in [5.74, 6) is -13.9. The van der Waals surface area contributed by atoms with Crippen LogP contribution in [-0.2, 0) is 36.3 Å². The molecule has 0 fully saturated rings. The summed E-state index contributed by atoms with van der Waals surface area (Å²) in [7, 11) is 0. The van der Waals surface area contributed by atoms with Gasteiger partial charge in [-0.3, -0.25) is 24.0 Å². The number of carboxylic acids is 1. The molecule has 2 amide bonds. The SMILES string of the molecule is C[C@H](CC(=O)C(=O)Nc1c(F)cccc1F)C(=O)N[C@@H](CCC(=O)O)C(=O)COc1cc(C(F)(F)F)nc(C(F)(F)F)n1. The van der Waals surface area contributed by atoms with Gasteiger partial charge in [-0.2, -0.15) is 31.3 Å². The number of nitrogens with zero attached hydrogens (tertiary/aromatic N) is 2. The fourth-order valence-corrected chi connectivity index (χ4v) is 3.18. The van der Waals surface area contributed by atoms with Gasteiger partial charge in [0.15, 0.2) is 18.1 Å². The van der Waals surface area contributed by atoms with Gasteiger partial charge in [0.1, 0.15) is 17.3 Å². The normalized spacial score (nSPS) is 13.0. The molecule has 2 atom stereocenters. The van der Waals surface area contributed by atoms with E-state index in [0.29, 0.717) is 0 Å². The Hall–Kier alpha value is -4.71. The molecule has 11 nitrogen and oxygen atoms in total. The smallest absolute Gasteiger partial charge is 0.451 e. The van der Waals surface area contributed by atoms with Crippen molar-refractivity contribution in [2.45, 2.75) is 44.6 Å². The summed E-state index contributed by atoms with van der Waals surface area (Å²) < 4.78 is 110. The Kier molecular flexibility index (Phi) is 11.2. The van der Waals surface area contributed by atoms with Crippen LogP contribution in [-0.4, -0.2) is 57.1 Å². The number of ketones is 2. The Balaban J connectivity index is 2.12. The lowest BCUT2D eigenvalue weighted by molar-refractivity contribution is -0.153. The summed E-state index contributed by atoms with van der Waals surface area (Å²) in [6, 6.07) is 0.848. The second kappa shape index (κ2) is 14.0. The molecular formula is C24H20F8N4O7. The summed E-state index contributed by atoms with van der Waals surface area (Å²) in [5.41, 5.74) is -2.96. The van der Waals surface area contributed by atoms with Crippen molar-refractivity contribution < 1.29 is 68.9 Å². The third-order valence-electron chi connectivity index (χ3n) is 5.35. The molecule has 234 valence electrons. The molecular weight excluding hydrogens is 608 g/mol. The van der Waals surface area contributed by atoms with E-state index in [4.69, 9.17) is 5.11 Å². The summed E-state index contributed by atoms with van der Waals surface area (Å²) >= 11 is 0. The number of benzene rings is 1. The van der Waals surface area contributed by atoms with E-state index < -0.39 is 114 Å². The highest BCUT2D eigenvalue weighted by Gasteiger charge is 2.40.